The molecular formula is C20H20ClNO7S2. The number of halogens is 1. The number of rotatable bonds is 8. The summed E-state index contributed by atoms with van der Waals surface area (Å²) in [6, 6.07) is 3.63. The Kier molecular flexibility index (Phi) is 7.03. The Morgan fingerprint density at radius 2 is 1.90 bits per heavy atom. The summed E-state index contributed by atoms with van der Waals surface area (Å²) in [7, 11) is -3.55. The summed E-state index contributed by atoms with van der Waals surface area (Å²) in [6.07, 6.45) is 2.94. The van der Waals surface area contributed by atoms with Gasteiger partial charge in [-0.3, -0.25) is 4.79 Å². The summed E-state index contributed by atoms with van der Waals surface area (Å²) in [6.45, 7) is 1.26. The lowest BCUT2D eigenvalue weighted by Crippen LogP contribution is -2.22. The van der Waals surface area contributed by atoms with E-state index in [0.29, 0.717) is 10.6 Å². The molecule has 0 unspecified atom stereocenters. The van der Waals surface area contributed by atoms with Crippen LogP contribution in [0.15, 0.2) is 28.5 Å². The van der Waals surface area contributed by atoms with Gasteiger partial charge in [0.2, 0.25) is 0 Å². The molecule has 166 valence electrons. The molecule has 1 N–H and O–H groups in total. The minimum Gasteiger partial charge on any atom is -0.462 e. The molecule has 11 heteroatoms. The van der Waals surface area contributed by atoms with Crippen LogP contribution < -0.4 is 5.32 Å². The van der Waals surface area contributed by atoms with Gasteiger partial charge in [0.25, 0.3) is 5.91 Å². The number of sulfone groups is 1. The highest BCUT2D eigenvalue weighted by Crippen LogP contribution is 2.46. The van der Waals surface area contributed by atoms with Crippen molar-refractivity contribution in [3.05, 3.63) is 45.3 Å². The number of hydrogen-bond acceptors (Lipinski definition) is 8. The van der Waals surface area contributed by atoms with Crippen molar-refractivity contribution in [3.8, 4) is 0 Å². The average molecular weight is 486 g/mol. The molecule has 8 nitrogen and oxygen atoms in total. The number of hydrogen-bond donors (Lipinski definition) is 1. The van der Waals surface area contributed by atoms with Crippen molar-refractivity contribution in [2.24, 2.45) is 0 Å². The summed E-state index contributed by atoms with van der Waals surface area (Å²) in [5.74, 6) is -1.83. The van der Waals surface area contributed by atoms with Crippen molar-refractivity contribution >= 4 is 55.6 Å². The van der Waals surface area contributed by atoms with Crippen molar-refractivity contribution in [1.82, 2.24) is 0 Å². The van der Waals surface area contributed by atoms with Gasteiger partial charge in [-0.05, 0) is 54.8 Å². The fraction of sp³-hybridized carbons (Fsp3) is 0.350. The highest BCUT2D eigenvalue weighted by Gasteiger charge is 2.32. The fourth-order valence-electron chi connectivity index (χ4n) is 2.83. The number of esters is 2. The third-order valence-electron chi connectivity index (χ3n) is 4.49. The first-order chi connectivity index (χ1) is 14.6. The van der Waals surface area contributed by atoms with Gasteiger partial charge in [-0.25, -0.2) is 18.0 Å². The highest BCUT2D eigenvalue weighted by molar-refractivity contribution is 7.90. The molecule has 1 fully saturated rings. The highest BCUT2D eigenvalue weighted by atomic mass is 35.5. The van der Waals surface area contributed by atoms with E-state index in [4.69, 9.17) is 21.1 Å². The first kappa shape index (κ1) is 23.2. The van der Waals surface area contributed by atoms with Gasteiger partial charge in [-0.15, -0.1) is 11.3 Å². The standard InChI is InChI=1S/C20H20ClNO7S2/c1-3-28-20(25)17-14(11-4-5-11)10-30-18(17)22-16(23)9-29-19(24)13-8-12(31(2,26)27)6-7-15(13)21/h6-8,10-11H,3-5,9H2,1-2H3,(H,22,23). The second kappa shape index (κ2) is 9.37. The summed E-state index contributed by atoms with van der Waals surface area (Å²) in [4.78, 5) is 36.9. The van der Waals surface area contributed by atoms with Gasteiger partial charge >= 0.3 is 11.9 Å². The van der Waals surface area contributed by atoms with Crippen LogP contribution in [0.3, 0.4) is 0 Å². The van der Waals surface area contributed by atoms with Crippen LogP contribution >= 0.6 is 22.9 Å². The van der Waals surface area contributed by atoms with Gasteiger partial charge in [-0.1, -0.05) is 11.6 Å². The van der Waals surface area contributed by atoms with E-state index >= 15 is 0 Å². The van der Waals surface area contributed by atoms with E-state index in [1.807, 2.05) is 5.38 Å². The predicted molar refractivity (Wildman–Crippen MR) is 116 cm³/mol. The number of carbonyl (C=O) groups excluding carboxylic acids is 3. The summed E-state index contributed by atoms with van der Waals surface area (Å²) < 4.78 is 33.4. The van der Waals surface area contributed by atoms with Crippen molar-refractivity contribution in [2.45, 2.75) is 30.6 Å². The number of thiophene rings is 1. The van der Waals surface area contributed by atoms with Crippen LogP contribution in [0.25, 0.3) is 0 Å². The molecule has 1 aliphatic rings. The molecule has 0 bridgehead atoms. The second-order valence-corrected chi connectivity index (χ2v) is 10.2. The molecule has 2 aromatic rings. The van der Waals surface area contributed by atoms with E-state index in [1.165, 1.54) is 23.5 Å². The van der Waals surface area contributed by atoms with Crippen molar-refractivity contribution in [2.75, 3.05) is 24.8 Å². The zero-order chi connectivity index (χ0) is 22.8. The van der Waals surface area contributed by atoms with Gasteiger partial charge in [0.1, 0.15) is 5.00 Å². The van der Waals surface area contributed by atoms with Crippen LogP contribution in [-0.2, 0) is 24.1 Å². The molecule has 1 aliphatic carbocycles. The monoisotopic (exact) mass is 485 g/mol. The van der Waals surface area contributed by atoms with E-state index in [2.05, 4.69) is 5.32 Å². The maximum Gasteiger partial charge on any atom is 0.341 e. The van der Waals surface area contributed by atoms with Crippen molar-refractivity contribution in [3.63, 3.8) is 0 Å². The normalized spacial score (nSPS) is 13.5. The first-order valence-corrected chi connectivity index (χ1v) is 12.5. The molecule has 1 amide bonds. The zero-order valence-electron chi connectivity index (χ0n) is 16.8. The third kappa shape index (κ3) is 5.63. The van der Waals surface area contributed by atoms with E-state index in [-0.39, 0.29) is 28.0 Å². The molecule has 0 radical (unpaired) electrons. The lowest BCUT2D eigenvalue weighted by molar-refractivity contribution is -0.119. The number of ether oxygens (including phenoxy) is 2. The van der Waals surface area contributed by atoms with E-state index in [1.54, 1.807) is 6.92 Å². The predicted octanol–water partition coefficient (Wildman–Crippen LogP) is 3.65. The first-order valence-electron chi connectivity index (χ1n) is 9.37. The van der Waals surface area contributed by atoms with Crippen molar-refractivity contribution < 1.29 is 32.3 Å². The maximum atomic E-state index is 12.3. The molecule has 31 heavy (non-hydrogen) atoms. The number of benzene rings is 1. The van der Waals surface area contributed by atoms with Crippen LogP contribution in [0.4, 0.5) is 5.00 Å². The molecule has 1 heterocycles. The molecule has 0 atom stereocenters. The third-order valence-corrected chi connectivity index (χ3v) is 6.84. The molecular weight excluding hydrogens is 466 g/mol. The molecule has 0 aliphatic heterocycles. The molecule has 1 aromatic carbocycles. The molecule has 0 saturated heterocycles. The van der Waals surface area contributed by atoms with Crippen molar-refractivity contribution in [1.29, 1.82) is 0 Å². The Balaban J connectivity index is 1.69. The lowest BCUT2D eigenvalue weighted by Gasteiger charge is -2.10. The van der Waals surface area contributed by atoms with E-state index in [0.717, 1.165) is 30.7 Å². The van der Waals surface area contributed by atoms with Gasteiger partial charge in [0.15, 0.2) is 16.4 Å². The van der Waals surface area contributed by atoms with Crippen LogP contribution in [0.5, 0.6) is 0 Å². The van der Waals surface area contributed by atoms with Crippen LogP contribution in [0.2, 0.25) is 5.02 Å². The Labute approximate surface area is 188 Å². The summed E-state index contributed by atoms with van der Waals surface area (Å²) >= 11 is 7.17. The van der Waals surface area contributed by atoms with Crippen LogP contribution in [0.1, 0.15) is 52.0 Å². The number of carbonyl (C=O) groups is 3. The Morgan fingerprint density at radius 3 is 2.52 bits per heavy atom. The number of nitrogens with one attached hydrogen (secondary N) is 1. The van der Waals surface area contributed by atoms with Gasteiger partial charge < -0.3 is 14.8 Å². The minimum atomic E-state index is -3.55. The van der Waals surface area contributed by atoms with E-state index < -0.39 is 34.3 Å². The van der Waals surface area contributed by atoms with Crippen LogP contribution in [-0.4, -0.2) is 45.7 Å². The number of amides is 1. The molecule has 1 saturated carbocycles. The van der Waals surface area contributed by atoms with Gasteiger partial charge in [0, 0.05) is 6.26 Å². The molecule has 3 rings (SSSR count). The number of anilines is 1. The lowest BCUT2D eigenvalue weighted by atomic mass is 10.1. The Hall–Kier alpha value is -2.43. The summed E-state index contributed by atoms with van der Waals surface area (Å²) in [5.41, 5.74) is 1.01. The van der Waals surface area contributed by atoms with E-state index in [9.17, 15) is 22.8 Å². The SMILES string of the molecule is CCOC(=O)c1c(C2CC2)csc1NC(=O)COC(=O)c1cc(S(C)(=O)=O)ccc1Cl. The smallest absolute Gasteiger partial charge is 0.341 e. The van der Waals surface area contributed by atoms with Gasteiger partial charge in [-0.2, -0.15) is 0 Å². The largest absolute Gasteiger partial charge is 0.462 e. The molecule has 0 spiro atoms. The zero-order valence-corrected chi connectivity index (χ0v) is 19.2. The maximum absolute atomic E-state index is 12.3. The topological polar surface area (TPSA) is 116 Å². The molecule has 1 aromatic heterocycles. The quantitative estimate of drug-likeness (QED) is 0.567. The average Bonchev–Trinajstić information content (AvgIpc) is 3.46. The van der Waals surface area contributed by atoms with Gasteiger partial charge in [0.05, 0.1) is 27.7 Å². The minimum absolute atomic E-state index is 0.00487. The van der Waals surface area contributed by atoms with Crippen LogP contribution in [0, 0.1) is 0 Å². The fourth-order valence-corrected chi connectivity index (χ4v) is 4.72. The Bertz CT molecular complexity index is 1140. The Morgan fingerprint density at radius 1 is 1.19 bits per heavy atom. The summed E-state index contributed by atoms with van der Waals surface area (Å²) in [5, 5.41) is 4.73. The second-order valence-electron chi connectivity index (χ2n) is 6.93.